The third-order valence-electron chi connectivity index (χ3n) is 4.76. The summed E-state index contributed by atoms with van der Waals surface area (Å²) in [5.74, 6) is 1.19. The van der Waals surface area contributed by atoms with Crippen LogP contribution in [0.3, 0.4) is 0 Å². The predicted molar refractivity (Wildman–Crippen MR) is 73.2 cm³/mol. The van der Waals surface area contributed by atoms with E-state index in [1.807, 2.05) is 0 Å². The Balaban J connectivity index is 2.76. The summed E-state index contributed by atoms with van der Waals surface area (Å²) in [6, 6.07) is 0. The smallest absolute Gasteiger partial charge is 0.153 e. The number of rotatable bonds is 8. The molecular weight excluding hydrogens is 210 g/mol. The Morgan fingerprint density at radius 2 is 1.65 bits per heavy atom. The first-order valence-electron chi connectivity index (χ1n) is 7.42. The summed E-state index contributed by atoms with van der Waals surface area (Å²) >= 11 is 0. The molecule has 17 heavy (non-hydrogen) atoms. The monoisotopic (exact) mass is 239 g/mol. The van der Waals surface area contributed by atoms with E-state index in [0.29, 0.717) is 11.7 Å². The van der Waals surface area contributed by atoms with E-state index in [9.17, 15) is 4.79 Å². The van der Waals surface area contributed by atoms with Crippen molar-refractivity contribution in [3.63, 3.8) is 0 Å². The minimum atomic E-state index is -0.181. The molecule has 0 aliphatic heterocycles. The van der Waals surface area contributed by atoms with Crippen LogP contribution in [0, 0.1) is 5.92 Å². The summed E-state index contributed by atoms with van der Waals surface area (Å²) in [7, 11) is 0. The summed E-state index contributed by atoms with van der Waals surface area (Å²) in [6.45, 7) is 10.6. The SMILES string of the molecule is CCN(CC)C(CC)(CC)C(=O)CC1CCC1. The van der Waals surface area contributed by atoms with Crippen molar-refractivity contribution in [2.45, 2.75) is 71.8 Å². The zero-order valence-electron chi connectivity index (χ0n) is 12.1. The van der Waals surface area contributed by atoms with Gasteiger partial charge in [0, 0.05) is 6.42 Å². The second-order valence-corrected chi connectivity index (χ2v) is 5.34. The van der Waals surface area contributed by atoms with Gasteiger partial charge in [-0.2, -0.15) is 0 Å². The van der Waals surface area contributed by atoms with E-state index in [0.717, 1.165) is 32.4 Å². The lowest BCUT2D eigenvalue weighted by atomic mass is 9.75. The number of ketones is 1. The van der Waals surface area contributed by atoms with Gasteiger partial charge in [0.05, 0.1) is 5.54 Å². The molecule has 0 heterocycles. The average Bonchev–Trinajstić information content (AvgIpc) is 2.30. The minimum Gasteiger partial charge on any atom is -0.298 e. The second-order valence-electron chi connectivity index (χ2n) is 5.34. The van der Waals surface area contributed by atoms with Crippen LogP contribution in [-0.2, 0) is 4.79 Å². The standard InChI is InChI=1S/C15H29NO/c1-5-15(6-2,16(7-3)8-4)14(17)12-13-10-9-11-13/h13H,5-12H2,1-4H3. The maximum Gasteiger partial charge on any atom is 0.153 e. The normalized spacial score (nSPS) is 17.2. The van der Waals surface area contributed by atoms with Crippen LogP contribution in [0.15, 0.2) is 0 Å². The first-order chi connectivity index (χ1) is 8.14. The molecule has 0 aromatic rings. The highest BCUT2D eigenvalue weighted by Crippen LogP contribution is 2.34. The van der Waals surface area contributed by atoms with Gasteiger partial charge in [0.1, 0.15) is 0 Å². The Hall–Kier alpha value is -0.370. The Bertz CT molecular complexity index is 237. The largest absolute Gasteiger partial charge is 0.298 e. The fourth-order valence-electron chi connectivity index (χ4n) is 3.25. The summed E-state index contributed by atoms with van der Waals surface area (Å²) in [6.07, 6.45) is 6.60. The highest BCUT2D eigenvalue weighted by atomic mass is 16.1. The molecular formula is C15H29NO. The Kier molecular flexibility index (Phi) is 5.64. The van der Waals surface area contributed by atoms with Crippen molar-refractivity contribution in [1.29, 1.82) is 0 Å². The van der Waals surface area contributed by atoms with Crippen LogP contribution in [0.1, 0.15) is 66.2 Å². The molecule has 0 radical (unpaired) electrons. The lowest BCUT2D eigenvalue weighted by molar-refractivity contribution is -0.133. The van der Waals surface area contributed by atoms with Gasteiger partial charge in [-0.25, -0.2) is 0 Å². The van der Waals surface area contributed by atoms with Gasteiger partial charge in [-0.15, -0.1) is 0 Å². The Morgan fingerprint density at radius 3 is 1.94 bits per heavy atom. The number of carbonyl (C=O) groups is 1. The van der Waals surface area contributed by atoms with E-state index >= 15 is 0 Å². The predicted octanol–water partition coefficient (Wildman–Crippen LogP) is 3.65. The van der Waals surface area contributed by atoms with Gasteiger partial charge in [-0.3, -0.25) is 9.69 Å². The molecule has 1 rings (SSSR count). The summed E-state index contributed by atoms with van der Waals surface area (Å²) in [4.78, 5) is 15.0. The summed E-state index contributed by atoms with van der Waals surface area (Å²) < 4.78 is 0. The van der Waals surface area contributed by atoms with Crippen LogP contribution < -0.4 is 0 Å². The Morgan fingerprint density at radius 1 is 1.12 bits per heavy atom. The zero-order valence-corrected chi connectivity index (χ0v) is 12.1. The molecule has 2 heteroatoms. The molecule has 1 aliphatic rings. The highest BCUT2D eigenvalue weighted by molar-refractivity contribution is 5.88. The molecule has 1 aliphatic carbocycles. The molecule has 0 atom stereocenters. The maximum absolute atomic E-state index is 12.6. The molecule has 0 amide bonds. The van der Waals surface area contributed by atoms with E-state index in [1.165, 1.54) is 19.3 Å². The van der Waals surface area contributed by atoms with E-state index in [2.05, 4.69) is 32.6 Å². The maximum atomic E-state index is 12.6. The summed E-state index contributed by atoms with van der Waals surface area (Å²) in [5, 5.41) is 0. The molecule has 0 unspecified atom stereocenters. The van der Waals surface area contributed by atoms with Crippen molar-refractivity contribution in [3.05, 3.63) is 0 Å². The average molecular weight is 239 g/mol. The van der Waals surface area contributed by atoms with Gasteiger partial charge in [-0.05, 0) is 31.8 Å². The van der Waals surface area contributed by atoms with E-state index in [1.54, 1.807) is 0 Å². The van der Waals surface area contributed by atoms with Gasteiger partial charge in [-0.1, -0.05) is 47.0 Å². The van der Waals surface area contributed by atoms with Gasteiger partial charge in [0.2, 0.25) is 0 Å². The molecule has 0 saturated heterocycles. The third-order valence-corrected chi connectivity index (χ3v) is 4.76. The number of likely N-dealkylation sites (N-methyl/N-ethyl adjacent to an activating group) is 1. The molecule has 100 valence electrons. The van der Waals surface area contributed by atoms with Gasteiger partial charge in [0.25, 0.3) is 0 Å². The van der Waals surface area contributed by atoms with E-state index < -0.39 is 0 Å². The molecule has 2 nitrogen and oxygen atoms in total. The van der Waals surface area contributed by atoms with Crippen molar-refractivity contribution in [2.24, 2.45) is 5.92 Å². The van der Waals surface area contributed by atoms with Crippen LogP contribution in [0.2, 0.25) is 0 Å². The van der Waals surface area contributed by atoms with E-state index in [4.69, 9.17) is 0 Å². The molecule has 0 spiro atoms. The van der Waals surface area contributed by atoms with Crippen molar-refractivity contribution in [3.8, 4) is 0 Å². The number of hydrogen-bond acceptors (Lipinski definition) is 2. The molecule has 1 saturated carbocycles. The molecule has 0 aromatic heterocycles. The Labute approximate surface area is 107 Å². The lowest BCUT2D eigenvalue weighted by Crippen LogP contribution is -2.54. The third kappa shape index (κ3) is 2.90. The first kappa shape index (κ1) is 14.7. The van der Waals surface area contributed by atoms with Crippen molar-refractivity contribution >= 4 is 5.78 Å². The second kappa shape index (κ2) is 6.53. The van der Waals surface area contributed by atoms with Crippen molar-refractivity contribution in [2.75, 3.05) is 13.1 Å². The molecule has 0 bridgehead atoms. The zero-order chi connectivity index (χ0) is 12.9. The van der Waals surface area contributed by atoms with Crippen LogP contribution in [0.4, 0.5) is 0 Å². The molecule has 0 aromatic carbocycles. The number of hydrogen-bond donors (Lipinski definition) is 0. The van der Waals surface area contributed by atoms with Gasteiger partial charge in [0.15, 0.2) is 5.78 Å². The number of nitrogens with zero attached hydrogens (tertiary/aromatic N) is 1. The number of carbonyl (C=O) groups excluding carboxylic acids is 1. The van der Waals surface area contributed by atoms with Crippen LogP contribution in [0.25, 0.3) is 0 Å². The number of Topliss-reactive ketones (excluding diaryl/α,β-unsaturated/α-hetero) is 1. The molecule has 1 fully saturated rings. The van der Waals surface area contributed by atoms with E-state index in [-0.39, 0.29) is 5.54 Å². The minimum absolute atomic E-state index is 0.181. The topological polar surface area (TPSA) is 20.3 Å². The van der Waals surface area contributed by atoms with Gasteiger partial charge < -0.3 is 0 Å². The lowest BCUT2D eigenvalue weighted by Gasteiger charge is -2.42. The van der Waals surface area contributed by atoms with Crippen molar-refractivity contribution in [1.82, 2.24) is 4.90 Å². The molecule has 0 N–H and O–H groups in total. The quantitative estimate of drug-likeness (QED) is 0.644. The highest BCUT2D eigenvalue weighted by Gasteiger charge is 2.40. The van der Waals surface area contributed by atoms with Crippen LogP contribution in [0.5, 0.6) is 0 Å². The van der Waals surface area contributed by atoms with Crippen LogP contribution >= 0.6 is 0 Å². The van der Waals surface area contributed by atoms with Crippen LogP contribution in [-0.4, -0.2) is 29.3 Å². The van der Waals surface area contributed by atoms with Crippen molar-refractivity contribution < 1.29 is 4.79 Å². The van der Waals surface area contributed by atoms with Gasteiger partial charge >= 0.3 is 0 Å². The first-order valence-corrected chi connectivity index (χ1v) is 7.42. The fraction of sp³-hybridized carbons (Fsp3) is 0.933. The summed E-state index contributed by atoms with van der Waals surface area (Å²) in [5.41, 5.74) is -0.181. The fourth-order valence-corrected chi connectivity index (χ4v) is 3.25.